The minimum absolute atomic E-state index is 0.0409. The van der Waals surface area contributed by atoms with Gasteiger partial charge in [-0.25, -0.2) is 4.39 Å². The van der Waals surface area contributed by atoms with Gasteiger partial charge in [-0.05, 0) is 48.4 Å². The van der Waals surface area contributed by atoms with Crippen molar-refractivity contribution in [3.05, 3.63) is 83.6 Å². The second-order valence-corrected chi connectivity index (χ2v) is 6.34. The van der Waals surface area contributed by atoms with Gasteiger partial charge in [0.25, 0.3) is 0 Å². The molecule has 2 amide bonds. The van der Waals surface area contributed by atoms with Gasteiger partial charge in [-0.15, -0.1) is 0 Å². The van der Waals surface area contributed by atoms with Crippen molar-refractivity contribution in [3.8, 4) is 11.5 Å². The summed E-state index contributed by atoms with van der Waals surface area (Å²) in [4.78, 5) is 24.0. The van der Waals surface area contributed by atoms with Gasteiger partial charge in [-0.2, -0.15) is 0 Å². The zero-order chi connectivity index (χ0) is 21.3. The molecule has 0 aliphatic rings. The lowest BCUT2D eigenvalue weighted by Gasteiger charge is -2.07. The number of hydrazine groups is 1. The van der Waals surface area contributed by atoms with Crippen LogP contribution in [0.3, 0.4) is 0 Å². The van der Waals surface area contributed by atoms with Crippen molar-refractivity contribution in [1.82, 2.24) is 10.9 Å². The van der Waals surface area contributed by atoms with E-state index in [-0.39, 0.29) is 24.5 Å². The fourth-order valence-electron chi connectivity index (χ4n) is 2.62. The summed E-state index contributed by atoms with van der Waals surface area (Å²) in [5, 5.41) is 0. The lowest BCUT2D eigenvalue weighted by atomic mass is 10.1. The van der Waals surface area contributed by atoms with E-state index in [0.717, 1.165) is 0 Å². The first-order valence-electron chi connectivity index (χ1n) is 9.23. The van der Waals surface area contributed by atoms with E-state index < -0.39 is 17.6 Å². The highest BCUT2D eigenvalue weighted by Crippen LogP contribution is 2.18. The normalized spacial score (nSPS) is 10.3. The molecule has 30 heavy (non-hydrogen) atoms. The van der Waals surface area contributed by atoms with Gasteiger partial charge in [0, 0.05) is 6.42 Å². The molecular formula is C22H21FN2O5. The first-order chi connectivity index (χ1) is 14.5. The number of hydrogen-bond acceptors (Lipinski definition) is 5. The van der Waals surface area contributed by atoms with Crippen LogP contribution in [0, 0.1) is 5.82 Å². The van der Waals surface area contributed by atoms with Gasteiger partial charge >= 0.3 is 5.91 Å². The zero-order valence-electron chi connectivity index (χ0n) is 16.3. The molecule has 0 spiro atoms. The highest BCUT2D eigenvalue weighted by molar-refractivity contribution is 5.92. The molecule has 2 N–H and O–H groups in total. The molecule has 0 aliphatic heterocycles. The molecule has 0 saturated heterocycles. The molecule has 0 fully saturated rings. The number of hydrogen-bond donors (Lipinski definition) is 2. The topological polar surface area (TPSA) is 89.8 Å². The summed E-state index contributed by atoms with van der Waals surface area (Å²) in [5.41, 5.74) is 5.23. The van der Waals surface area contributed by atoms with Crippen molar-refractivity contribution in [1.29, 1.82) is 0 Å². The predicted molar refractivity (Wildman–Crippen MR) is 106 cm³/mol. The van der Waals surface area contributed by atoms with Crippen LogP contribution < -0.4 is 20.3 Å². The van der Waals surface area contributed by atoms with E-state index in [9.17, 15) is 14.0 Å². The number of carbonyl (C=O) groups is 2. The third-order valence-corrected chi connectivity index (χ3v) is 4.18. The molecule has 2 aromatic carbocycles. The molecule has 8 heteroatoms. The number of carbonyl (C=O) groups excluding carboxylic acids is 2. The molecule has 0 unspecified atom stereocenters. The van der Waals surface area contributed by atoms with Gasteiger partial charge in [-0.3, -0.25) is 20.4 Å². The fourth-order valence-corrected chi connectivity index (χ4v) is 2.62. The van der Waals surface area contributed by atoms with Crippen LogP contribution >= 0.6 is 0 Å². The summed E-state index contributed by atoms with van der Waals surface area (Å²) >= 11 is 0. The highest BCUT2D eigenvalue weighted by Gasteiger charge is 2.13. The Kier molecular flexibility index (Phi) is 7.05. The lowest BCUT2D eigenvalue weighted by Crippen LogP contribution is -2.41. The van der Waals surface area contributed by atoms with Gasteiger partial charge in [0.15, 0.2) is 17.3 Å². The maximum absolute atomic E-state index is 13.7. The molecule has 156 valence electrons. The van der Waals surface area contributed by atoms with Crippen molar-refractivity contribution in [2.45, 2.75) is 19.4 Å². The van der Waals surface area contributed by atoms with Crippen molar-refractivity contribution >= 4 is 11.8 Å². The summed E-state index contributed by atoms with van der Waals surface area (Å²) in [6.45, 7) is 0.169. The summed E-state index contributed by atoms with van der Waals surface area (Å²) in [6.07, 6.45) is 0.380. The quantitative estimate of drug-likeness (QED) is 0.554. The van der Waals surface area contributed by atoms with Crippen LogP contribution in [0.4, 0.5) is 4.39 Å². The lowest BCUT2D eigenvalue weighted by molar-refractivity contribution is -0.121. The third-order valence-electron chi connectivity index (χ3n) is 4.18. The van der Waals surface area contributed by atoms with E-state index in [1.165, 1.54) is 25.3 Å². The Morgan fingerprint density at radius 3 is 2.57 bits per heavy atom. The van der Waals surface area contributed by atoms with Gasteiger partial charge in [0.1, 0.15) is 18.1 Å². The molecule has 0 aliphatic carbocycles. The molecule has 1 heterocycles. The van der Waals surface area contributed by atoms with Crippen LogP contribution in [0.2, 0.25) is 0 Å². The van der Waals surface area contributed by atoms with Gasteiger partial charge in [-0.1, -0.05) is 24.3 Å². The van der Waals surface area contributed by atoms with Crippen LogP contribution in [0.1, 0.15) is 28.3 Å². The minimum Gasteiger partial charge on any atom is -0.494 e. The Balaban J connectivity index is 1.42. The predicted octanol–water partition coefficient (Wildman–Crippen LogP) is 3.40. The van der Waals surface area contributed by atoms with E-state index in [1.807, 2.05) is 30.3 Å². The van der Waals surface area contributed by atoms with Crippen LogP contribution in [-0.2, 0) is 17.8 Å². The number of halogens is 1. The summed E-state index contributed by atoms with van der Waals surface area (Å²) in [6, 6.07) is 16.8. The monoisotopic (exact) mass is 412 g/mol. The molecule has 3 aromatic rings. The van der Waals surface area contributed by atoms with Crippen molar-refractivity contribution in [2.75, 3.05) is 7.11 Å². The van der Waals surface area contributed by atoms with Crippen molar-refractivity contribution < 1.29 is 27.9 Å². The van der Waals surface area contributed by atoms with Crippen LogP contribution in [0.25, 0.3) is 0 Å². The minimum atomic E-state index is -0.593. The number of furan rings is 1. The Bertz CT molecular complexity index is 1000. The Morgan fingerprint density at radius 1 is 1.03 bits per heavy atom. The van der Waals surface area contributed by atoms with Crippen LogP contribution in [-0.4, -0.2) is 18.9 Å². The molecule has 1 aromatic heterocycles. The standard InChI is InChI=1S/C22H21FN2O5/c1-28-19-10-7-15(13-18(19)23)8-12-21(26)24-25-22(27)20-11-9-17(30-20)14-29-16-5-3-2-4-6-16/h2-7,9-11,13H,8,12,14H2,1H3,(H,24,26)(H,25,27). The molecule has 3 rings (SSSR count). The van der Waals surface area contributed by atoms with E-state index in [4.69, 9.17) is 13.9 Å². The first-order valence-corrected chi connectivity index (χ1v) is 9.23. The van der Waals surface area contributed by atoms with E-state index in [0.29, 0.717) is 23.5 Å². The molecular weight excluding hydrogens is 391 g/mol. The Hall–Kier alpha value is -3.81. The van der Waals surface area contributed by atoms with Gasteiger partial charge in [0.2, 0.25) is 5.91 Å². The molecule has 0 saturated carbocycles. The largest absolute Gasteiger partial charge is 0.494 e. The smallest absolute Gasteiger partial charge is 0.305 e. The maximum atomic E-state index is 13.7. The average molecular weight is 412 g/mol. The number of rotatable bonds is 8. The Labute approximate surface area is 172 Å². The second kappa shape index (κ2) is 10.1. The number of para-hydroxylation sites is 1. The third kappa shape index (κ3) is 5.84. The summed E-state index contributed by atoms with van der Waals surface area (Å²) < 4.78 is 29.5. The average Bonchev–Trinajstić information content (AvgIpc) is 3.24. The second-order valence-electron chi connectivity index (χ2n) is 6.34. The van der Waals surface area contributed by atoms with Crippen molar-refractivity contribution in [2.24, 2.45) is 0 Å². The Morgan fingerprint density at radius 2 is 1.83 bits per heavy atom. The van der Waals surface area contributed by atoms with E-state index in [2.05, 4.69) is 10.9 Å². The van der Waals surface area contributed by atoms with Gasteiger partial charge in [0.05, 0.1) is 7.11 Å². The SMILES string of the molecule is COc1ccc(CCC(=O)NNC(=O)c2ccc(COc3ccccc3)o2)cc1F. The van der Waals surface area contributed by atoms with Crippen LogP contribution in [0.15, 0.2) is 65.1 Å². The highest BCUT2D eigenvalue weighted by atomic mass is 19.1. The maximum Gasteiger partial charge on any atom is 0.305 e. The first kappa shape index (κ1) is 20.9. The fraction of sp³-hybridized carbons (Fsp3) is 0.182. The summed E-state index contributed by atoms with van der Waals surface area (Å²) in [5.74, 6) is -0.167. The number of benzene rings is 2. The molecule has 0 radical (unpaired) electrons. The number of aryl methyl sites for hydroxylation is 1. The summed E-state index contributed by atoms with van der Waals surface area (Å²) in [7, 11) is 1.38. The number of nitrogens with one attached hydrogen (secondary N) is 2. The number of methoxy groups -OCH3 is 1. The molecule has 7 nitrogen and oxygen atoms in total. The van der Waals surface area contributed by atoms with E-state index in [1.54, 1.807) is 12.1 Å². The molecule has 0 bridgehead atoms. The molecule has 0 atom stereocenters. The van der Waals surface area contributed by atoms with Crippen molar-refractivity contribution in [3.63, 3.8) is 0 Å². The number of ether oxygens (including phenoxy) is 2. The van der Waals surface area contributed by atoms with Gasteiger partial charge < -0.3 is 13.9 Å². The zero-order valence-corrected chi connectivity index (χ0v) is 16.3. The van der Waals surface area contributed by atoms with Crippen LogP contribution in [0.5, 0.6) is 11.5 Å². The number of amides is 2. The van der Waals surface area contributed by atoms with E-state index >= 15 is 0 Å².